The maximum absolute atomic E-state index is 12.6. The Hall–Kier alpha value is -1.88. The molecule has 1 aromatic heterocycles. The second-order valence-electron chi connectivity index (χ2n) is 5.35. The molecule has 1 aromatic carbocycles. The van der Waals surface area contributed by atoms with Crippen LogP contribution in [-0.4, -0.2) is 23.1 Å². The zero-order valence-electron chi connectivity index (χ0n) is 11.5. The van der Waals surface area contributed by atoms with Crippen molar-refractivity contribution in [3.63, 3.8) is 0 Å². The van der Waals surface area contributed by atoms with E-state index in [0.717, 1.165) is 30.4 Å². The Morgan fingerprint density at radius 1 is 1.40 bits per heavy atom. The molecule has 106 valence electrons. The summed E-state index contributed by atoms with van der Waals surface area (Å²) in [6.07, 6.45) is 3.24. The van der Waals surface area contributed by atoms with Gasteiger partial charge in [0.05, 0.1) is 11.4 Å². The normalized spacial score (nSPS) is 20.9. The van der Waals surface area contributed by atoms with Crippen molar-refractivity contribution in [1.29, 1.82) is 0 Å². The number of para-hydroxylation sites is 2. The van der Waals surface area contributed by atoms with E-state index in [-0.39, 0.29) is 17.9 Å². The molecule has 20 heavy (non-hydrogen) atoms. The Kier molecular flexibility index (Phi) is 3.44. The number of hydrogen-bond acceptors (Lipinski definition) is 4. The lowest BCUT2D eigenvalue weighted by Crippen LogP contribution is -2.44. The Balaban J connectivity index is 1.95. The summed E-state index contributed by atoms with van der Waals surface area (Å²) in [4.78, 5) is 24.5. The Bertz CT molecular complexity index is 680. The van der Waals surface area contributed by atoms with E-state index in [4.69, 9.17) is 4.42 Å². The molecule has 1 aliphatic heterocycles. The molecule has 1 saturated heterocycles. The van der Waals surface area contributed by atoms with Gasteiger partial charge in [-0.05, 0) is 31.5 Å². The van der Waals surface area contributed by atoms with Crippen LogP contribution < -0.4 is 11.1 Å². The average Bonchev–Trinajstić information content (AvgIpc) is 2.82. The first kappa shape index (κ1) is 13.1. The molecule has 5 nitrogen and oxygen atoms in total. The highest BCUT2D eigenvalue weighted by molar-refractivity contribution is 5.90. The SMILES string of the molecule is CC(C(=O)n1c(=O)oc2ccccc21)C1CCCCN1. The van der Waals surface area contributed by atoms with Crippen molar-refractivity contribution in [2.24, 2.45) is 5.92 Å². The fourth-order valence-corrected chi connectivity index (χ4v) is 2.86. The molecule has 0 spiro atoms. The number of oxazole rings is 1. The van der Waals surface area contributed by atoms with Crippen LogP contribution in [0.4, 0.5) is 0 Å². The molecule has 1 aliphatic rings. The minimum atomic E-state index is -0.598. The van der Waals surface area contributed by atoms with Gasteiger partial charge in [0.2, 0.25) is 5.91 Å². The summed E-state index contributed by atoms with van der Waals surface area (Å²) in [6, 6.07) is 7.15. The number of rotatable bonds is 2. The minimum Gasteiger partial charge on any atom is -0.407 e. The molecule has 2 heterocycles. The van der Waals surface area contributed by atoms with Gasteiger partial charge in [-0.1, -0.05) is 25.5 Å². The van der Waals surface area contributed by atoms with Crippen LogP contribution in [0.5, 0.6) is 0 Å². The number of fused-ring (bicyclic) bond motifs is 1. The molecule has 1 N–H and O–H groups in total. The lowest BCUT2D eigenvalue weighted by atomic mass is 9.93. The standard InChI is InChI=1S/C15H18N2O3/c1-10(11-6-4-5-9-16-11)14(18)17-12-7-2-3-8-13(12)20-15(17)19/h2-3,7-8,10-11,16H,4-6,9H2,1H3. The van der Waals surface area contributed by atoms with Crippen molar-refractivity contribution >= 4 is 17.0 Å². The molecule has 2 unspecified atom stereocenters. The van der Waals surface area contributed by atoms with Crippen LogP contribution in [0.3, 0.4) is 0 Å². The minimum absolute atomic E-state index is 0.136. The van der Waals surface area contributed by atoms with Crippen LogP contribution in [0.25, 0.3) is 11.1 Å². The zero-order chi connectivity index (χ0) is 14.1. The van der Waals surface area contributed by atoms with Crippen LogP contribution in [-0.2, 0) is 0 Å². The monoisotopic (exact) mass is 274 g/mol. The van der Waals surface area contributed by atoms with Gasteiger partial charge in [-0.15, -0.1) is 0 Å². The molecule has 0 bridgehead atoms. The van der Waals surface area contributed by atoms with Gasteiger partial charge < -0.3 is 9.73 Å². The Morgan fingerprint density at radius 2 is 2.20 bits per heavy atom. The predicted molar refractivity (Wildman–Crippen MR) is 75.9 cm³/mol. The van der Waals surface area contributed by atoms with E-state index in [2.05, 4.69) is 5.32 Å². The van der Waals surface area contributed by atoms with Crippen molar-refractivity contribution in [1.82, 2.24) is 9.88 Å². The summed E-state index contributed by atoms with van der Waals surface area (Å²) in [5, 5.41) is 3.36. The highest BCUT2D eigenvalue weighted by atomic mass is 16.4. The average molecular weight is 274 g/mol. The number of nitrogens with zero attached hydrogens (tertiary/aromatic N) is 1. The molecule has 1 fully saturated rings. The van der Waals surface area contributed by atoms with E-state index < -0.39 is 5.76 Å². The highest BCUT2D eigenvalue weighted by Crippen LogP contribution is 2.19. The first-order valence-corrected chi connectivity index (χ1v) is 7.06. The smallest absolute Gasteiger partial charge is 0.407 e. The van der Waals surface area contributed by atoms with E-state index >= 15 is 0 Å². The highest BCUT2D eigenvalue weighted by Gasteiger charge is 2.28. The second-order valence-corrected chi connectivity index (χ2v) is 5.35. The van der Waals surface area contributed by atoms with Gasteiger partial charge in [-0.25, -0.2) is 9.36 Å². The first-order chi connectivity index (χ1) is 9.68. The third-order valence-corrected chi connectivity index (χ3v) is 4.05. The third kappa shape index (κ3) is 2.18. The van der Waals surface area contributed by atoms with Crippen molar-refractivity contribution in [3.05, 3.63) is 34.8 Å². The van der Waals surface area contributed by atoms with Crippen molar-refractivity contribution in [2.45, 2.75) is 32.2 Å². The maximum atomic E-state index is 12.6. The number of aromatic nitrogens is 1. The van der Waals surface area contributed by atoms with Crippen molar-refractivity contribution in [3.8, 4) is 0 Å². The van der Waals surface area contributed by atoms with Gasteiger partial charge in [0.15, 0.2) is 5.58 Å². The van der Waals surface area contributed by atoms with E-state index in [0.29, 0.717) is 11.1 Å². The van der Waals surface area contributed by atoms with Gasteiger partial charge in [0.25, 0.3) is 0 Å². The molecule has 0 saturated carbocycles. The van der Waals surface area contributed by atoms with E-state index in [1.807, 2.05) is 6.92 Å². The van der Waals surface area contributed by atoms with Gasteiger partial charge in [0.1, 0.15) is 0 Å². The predicted octanol–water partition coefficient (Wildman–Crippen LogP) is 2.01. The molecule has 0 amide bonds. The molecular formula is C15H18N2O3. The summed E-state index contributed by atoms with van der Waals surface area (Å²) < 4.78 is 6.29. The molecule has 5 heteroatoms. The van der Waals surface area contributed by atoms with E-state index in [1.165, 1.54) is 0 Å². The third-order valence-electron chi connectivity index (χ3n) is 4.05. The summed E-state index contributed by atoms with van der Waals surface area (Å²) in [5.74, 6) is -1.03. The number of benzene rings is 1. The second kappa shape index (κ2) is 5.25. The van der Waals surface area contributed by atoms with E-state index in [1.54, 1.807) is 24.3 Å². The number of nitrogens with one attached hydrogen (secondary N) is 1. The Morgan fingerprint density at radius 3 is 2.95 bits per heavy atom. The maximum Gasteiger partial charge on any atom is 0.426 e. The summed E-state index contributed by atoms with van der Waals surface area (Å²) in [6.45, 7) is 2.81. The van der Waals surface area contributed by atoms with E-state index in [9.17, 15) is 9.59 Å². The van der Waals surface area contributed by atoms with Gasteiger partial charge in [-0.3, -0.25) is 4.79 Å². The largest absolute Gasteiger partial charge is 0.426 e. The fraction of sp³-hybridized carbons (Fsp3) is 0.467. The lowest BCUT2D eigenvalue weighted by molar-refractivity contribution is 0.0801. The number of hydrogen-bond donors (Lipinski definition) is 1. The number of piperidine rings is 1. The van der Waals surface area contributed by atoms with Crippen LogP contribution in [0.1, 0.15) is 31.0 Å². The van der Waals surface area contributed by atoms with Crippen LogP contribution in [0.2, 0.25) is 0 Å². The fourth-order valence-electron chi connectivity index (χ4n) is 2.86. The van der Waals surface area contributed by atoms with Gasteiger partial charge >= 0.3 is 5.76 Å². The van der Waals surface area contributed by atoms with Gasteiger partial charge in [-0.2, -0.15) is 0 Å². The van der Waals surface area contributed by atoms with Crippen LogP contribution >= 0.6 is 0 Å². The molecule has 2 aromatic rings. The van der Waals surface area contributed by atoms with Crippen LogP contribution in [0.15, 0.2) is 33.5 Å². The molecular weight excluding hydrogens is 256 g/mol. The topological polar surface area (TPSA) is 64.2 Å². The quantitative estimate of drug-likeness (QED) is 0.910. The molecule has 0 radical (unpaired) electrons. The molecule has 2 atom stereocenters. The first-order valence-electron chi connectivity index (χ1n) is 7.06. The number of carbonyl (C=O) groups excluding carboxylic acids is 1. The summed E-state index contributed by atoms with van der Waals surface area (Å²) in [7, 11) is 0. The Labute approximate surface area is 116 Å². The van der Waals surface area contributed by atoms with Crippen molar-refractivity contribution < 1.29 is 9.21 Å². The number of carbonyl (C=O) groups is 1. The van der Waals surface area contributed by atoms with Crippen LogP contribution in [0, 0.1) is 5.92 Å². The zero-order valence-corrected chi connectivity index (χ0v) is 11.5. The summed E-state index contributed by atoms with van der Waals surface area (Å²) in [5.41, 5.74) is 1.000. The summed E-state index contributed by atoms with van der Waals surface area (Å²) >= 11 is 0. The van der Waals surface area contributed by atoms with Gasteiger partial charge in [0, 0.05) is 6.04 Å². The lowest BCUT2D eigenvalue weighted by Gasteiger charge is -2.27. The molecule has 0 aliphatic carbocycles. The van der Waals surface area contributed by atoms with Crippen molar-refractivity contribution in [2.75, 3.05) is 6.54 Å². The molecule has 3 rings (SSSR count).